The number of nitrogens with one attached hydrogen (secondary N) is 2. The predicted molar refractivity (Wildman–Crippen MR) is 75.9 cm³/mol. The average Bonchev–Trinajstić information content (AvgIpc) is 2.35. The van der Waals surface area contributed by atoms with Crippen LogP contribution in [0.5, 0.6) is 0 Å². The minimum Gasteiger partial charge on any atom is -0.353 e. The van der Waals surface area contributed by atoms with Crippen molar-refractivity contribution < 1.29 is 9.18 Å². The van der Waals surface area contributed by atoms with Crippen LogP contribution in [0.2, 0.25) is 0 Å². The molecular weight excluding hydrogens is 267 g/mol. The van der Waals surface area contributed by atoms with E-state index in [1.807, 2.05) is 0 Å². The maximum absolute atomic E-state index is 13.4. The highest BCUT2D eigenvalue weighted by atomic mass is 35.5. The van der Waals surface area contributed by atoms with Crippen LogP contribution in [0.15, 0.2) is 24.3 Å². The van der Waals surface area contributed by atoms with Gasteiger partial charge in [0.05, 0.1) is 6.42 Å². The molecule has 0 aliphatic carbocycles. The highest BCUT2D eigenvalue weighted by molar-refractivity contribution is 5.85. The maximum Gasteiger partial charge on any atom is 0.224 e. The SMILES string of the molecule is CC1CNCCC1NC(=O)Cc1ccccc1F.Cl. The molecule has 1 aromatic rings. The number of carbonyl (C=O) groups excluding carboxylic acids is 1. The summed E-state index contributed by atoms with van der Waals surface area (Å²) in [6, 6.07) is 6.62. The summed E-state index contributed by atoms with van der Waals surface area (Å²) < 4.78 is 13.4. The predicted octanol–water partition coefficient (Wildman–Crippen LogP) is 1.90. The molecule has 2 atom stereocenters. The van der Waals surface area contributed by atoms with Gasteiger partial charge < -0.3 is 10.6 Å². The lowest BCUT2D eigenvalue weighted by Crippen LogP contribution is -2.48. The molecule has 1 amide bonds. The third-order valence-electron chi connectivity index (χ3n) is 3.44. The number of hydrogen-bond acceptors (Lipinski definition) is 2. The van der Waals surface area contributed by atoms with Gasteiger partial charge in [0.2, 0.25) is 5.91 Å². The van der Waals surface area contributed by atoms with E-state index in [9.17, 15) is 9.18 Å². The summed E-state index contributed by atoms with van der Waals surface area (Å²) in [5.41, 5.74) is 0.455. The second kappa shape index (κ2) is 7.46. The molecule has 19 heavy (non-hydrogen) atoms. The van der Waals surface area contributed by atoms with Crippen LogP contribution < -0.4 is 10.6 Å². The molecule has 1 aromatic carbocycles. The Morgan fingerprint density at radius 1 is 1.47 bits per heavy atom. The summed E-state index contributed by atoms with van der Waals surface area (Å²) in [6.45, 7) is 3.96. The van der Waals surface area contributed by atoms with E-state index in [0.717, 1.165) is 19.5 Å². The molecule has 1 fully saturated rings. The molecule has 3 nitrogen and oxygen atoms in total. The number of rotatable bonds is 3. The smallest absolute Gasteiger partial charge is 0.224 e. The molecule has 2 rings (SSSR count). The van der Waals surface area contributed by atoms with Crippen LogP contribution in [-0.4, -0.2) is 25.0 Å². The molecule has 2 N–H and O–H groups in total. The molecule has 1 heterocycles. The Kier molecular flexibility index (Phi) is 6.25. The van der Waals surface area contributed by atoms with Crippen LogP contribution in [0.25, 0.3) is 0 Å². The van der Waals surface area contributed by atoms with Crippen molar-refractivity contribution in [1.82, 2.24) is 10.6 Å². The van der Waals surface area contributed by atoms with Crippen molar-refractivity contribution in [3.8, 4) is 0 Å². The standard InChI is InChI=1S/C14H19FN2O.ClH/c1-10-9-16-7-6-13(10)17-14(18)8-11-4-2-3-5-12(11)15;/h2-5,10,13,16H,6-9H2,1H3,(H,17,18);1H. The van der Waals surface area contributed by atoms with Gasteiger partial charge in [-0.2, -0.15) is 0 Å². The fourth-order valence-electron chi connectivity index (χ4n) is 2.30. The monoisotopic (exact) mass is 286 g/mol. The Bertz CT molecular complexity index is 428. The van der Waals surface area contributed by atoms with Crippen molar-refractivity contribution in [1.29, 1.82) is 0 Å². The van der Waals surface area contributed by atoms with Gasteiger partial charge in [0.1, 0.15) is 5.82 Å². The van der Waals surface area contributed by atoms with Crippen LogP contribution >= 0.6 is 12.4 Å². The minimum absolute atomic E-state index is 0. The van der Waals surface area contributed by atoms with E-state index in [2.05, 4.69) is 17.6 Å². The summed E-state index contributed by atoms with van der Waals surface area (Å²) >= 11 is 0. The van der Waals surface area contributed by atoms with Gasteiger partial charge in [0, 0.05) is 6.04 Å². The second-order valence-corrected chi connectivity index (χ2v) is 4.91. The van der Waals surface area contributed by atoms with Gasteiger partial charge in [-0.05, 0) is 37.1 Å². The first-order valence-electron chi connectivity index (χ1n) is 6.40. The van der Waals surface area contributed by atoms with Gasteiger partial charge in [-0.15, -0.1) is 12.4 Å². The van der Waals surface area contributed by atoms with Crippen molar-refractivity contribution in [2.45, 2.75) is 25.8 Å². The van der Waals surface area contributed by atoms with E-state index in [0.29, 0.717) is 11.5 Å². The van der Waals surface area contributed by atoms with Gasteiger partial charge >= 0.3 is 0 Å². The summed E-state index contributed by atoms with van der Waals surface area (Å²) in [4.78, 5) is 11.9. The molecule has 0 spiro atoms. The van der Waals surface area contributed by atoms with Crippen molar-refractivity contribution >= 4 is 18.3 Å². The Morgan fingerprint density at radius 3 is 2.89 bits per heavy atom. The highest BCUT2D eigenvalue weighted by Gasteiger charge is 2.22. The van der Waals surface area contributed by atoms with Crippen LogP contribution in [0.3, 0.4) is 0 Å². The van der Waals surface area contributed by atoms with E-state index in [1.165, 1.54) is 6.07 Å². The minimum atomic E-state index is -0.314. The number of halogens is 2. The lowest BCUT2D eigenvalue weighted by atomic mass is 9.95. The molecule has 0 radical (unpaired) electrons. The van der Waals surface area contributed by atoms with Crippen LogP contribution in [0, 0.1) is 11.7 Å². The third-order valence-corrected chi connectivity index (χ3v) is 3.44. The summed E-state index contributed by atoms with van der Waals surface area (Å²) in [6.07, 6.45) is 1.05. The molecular formula is C14H20ClFN2O. The molecule has 106 valence electrons. The molecule has 1 aliphatic heterocycles. The fourth-order valence-corrected chi connectivity index (χ4v) is 2.30. The Morgan fingerprint density at radius 2 is 2.21 bits per heavy atom. The van der Waals surface area contributed by atoms with Gasteiger partial charge in [0.15, 0.2) is 0 Å². The molecule has 0 saturated carbocycles. The van der Waals surface area contributed by atoms with Gasteiger partial charge in [-0.3, -0.25) is 4.79 Å². The first-order valence-corrected chi connectivity index (χ1v) is 6.40. The zero-order chi connectivity index (χ0) is 13.0. The van der Waals surface area contributed by atoms with Gasteiger partial charge in [-0.1, -0.05) is 25.1 Å². The normalized spacial score (nSPS) is 22.4. The number of carbonyl (C=O) groups is 1. The van der Waals surface area contributed by atoms with Crippen LogP contribution in [-0.2, 0) is 11.2 Å². The number of piperidine rings is 1. The van der Waals surface area contributed by atoms with Crippen LogP contribution in [0.4, 0.5) is 4.39 Å². The lowest BCUT2D eigenvalue weighted by molar-refractivity contribution is -0.121. The van der Waals surface area contributed by atoms with E-state index in [1.54, 1.807) is 18.2 Å². The van der Waals surface area contributed by atoms with E-state index >= 15 is 0 Å². The molecule has 1 aliphatic rings. The summed E-state index contributed by atoms with van der Waals surface area (Å²) in [7, 11) is 0. The topological polar surface area (TPSA) is 41.1 Å². The molecule has 5 heteroatoms. The summed E-state index contributed by atoms with van der Waals surface area (Å²) in [5.74, 6) is 0.00757. The van der Waals surface area contributed by atoms with E-state index in [-0.39, 0.29) is 36.6 Å². The average molecular weight is 287 g/mol. The van der Waals surface area contributed by atoms with Crippen molar-refractivity contribution in [2.75, 3.05) is 13.1 Å². The zero-order valence-electron chi connectivity index (χ0n) is 11.0. The second-order valence-electron chi connectivity index (χ2n) is 4.91. The molecule has 0 bridgehead atoms. The Hall–Kier alpha value is -1.13. The maximum atomic E-state index is 13.4. The largest absolute Gasteiger partial charge is 0.353 e. The Labute approximate surface area is 119 Å². The van der Waals surface area contributed by atoms with Gasteiger partial charge in [-0.25, -0.2) is 4.39 Å². The number of amides is 1. The molecule has 1 saturated heterocycles. The van der Waals surface area contributed by atoms with Crippen LogP contribution in [0.1, 0.15) is 18.9 Å². The number of hydrogen-bond donors (Lipinski definition) is 2. The molecule has 2 unspecified atom stereocenters. The molecule has 0 aromatic heterocycles. The number of benzene rings is 1. The lowest BCUT2D eigenvalue weighted by Gasteiger charge is -2.30. The quantitative estimate of drug-likeness (QED) is 0.891. The van der Waals surface area contributed by atoms with Crippen molar-refractivity contribution in [2.24, 2.45) is 5.92 Å². The summed E-state index contributed by atoms with van der Waals surface area (Å²) in [5, 5.41) is 6.28. The zero-order valence-corrected chi connectivity index (χ0v) is 11.8. The first kappa shape index (κ1) is 15.9. The van der Waals surface area contributed by atoms with Crippen molar-refractivity contribution in [3.63, 3.8) is 0 Å². The van der Waals surface area contributed by atoms with E-state index < -0.39 is 0 Å². The van der Waals surface area contributed by atoms with Gasteiger partial charge in [0.25, 0.3) is 0 Å². The van der Waals surface area contributed by atoms with E-state index in [4.69, 9.17) is 0 Å². The fraction of sp³-hybridized carbons (Fsp3) is 0.500. The highest BCUT2D eigenvalue weighted by Crippen LogP contribution is 2.11. The first-order chi connectivity index (χ1) is 8.66. The third kappa shape index (κ3) is 4.48. The van der Waals surface area contributed by atoms with Crippen molar-refractivity contribution in [3.05, 3.63) is 35.6 Å². The Balaban J connectivity index is 0.00000180.